The van der Waals surface area contributed by atoms with Gasteiger partial charge in [0.1, 0.15) is 0 Å². The highest BCUT2D eigenvalue weighted by Crippen LogP contribution is 2.15. The Morgan fingerprint density at radius 2 is 1.58 bits per heavy atom. The van der Waals surface area contributed by atoms with Gasteiger partial charge in [-0.25, -0.2) is 0 Å². The van der Waals surface area contributed by atoms with Crippen LogP contribution in [0, 0.1) is 0 Å². The third kappa shape index (κ3) is 4.47. The van der Waals surface area contributed by atoms with Crippen molar-refractivity contribution in [3.05, 3.63) is 29.8 Å². The number of carbonyl (C=O) groups is 4. The van der Waals surface area contributed by atoms with Gasteiger partial charge in [0.05, 0.1) is 6.42 Å². The van der Waals surface area contributed by atoms with Gasteiger partial charge < -0.3 is 10.2 Å². The third-order valence-corrected chi connectivity index (χ3v) is 4.77. The number of nitrogens with one attached hydrogen (secondary N) is 1. The van der Waals surface area contributed by atoms with Crippen LogP contribution in [0.25, 0.3) is 0 Å². The molecule has 0 aromatic heterocycles. The van der Waals surface area contributed by atoms with Crippen molar-refractivity contribution < 1.29 is 19.2 Å². The smallest absolute Gasteiger partial charge is 0.229 e. The summed E-state index contributed by atoms with van der Waals surface area (Å²) in [5.41, 5.74) is 1.54. The molecule has 1 aromatic carbocycles. The van der Waals surface area contributed by atoms with Crippen LogP contribution in [0.3, 0.4) is 0 Å². The number of benzene rings is 1. The van der Waals surface area contributed by atoms with E-state index < -0.39 is 0 Å². The molecule has 7 nitrogen and oxygen atoms in total. The highest BCUT2D eigenvalue weighted by molar-refractivity contribution is 6.02. The number of imide groups is 1. The Kier molecular flexibility index (Phi) is 5.65. The van der Waals surface area contributed by atoms with Crippen LogP contribution >= 0.6 is 0 Å². The molecule has 1 aromatic rings. The molecule has 0 radical (unpaired) electrons. The molecule has 138 valence electrons. The lowest BCUT2D eigenvalue weighted by Gasteiger charge is -2.15. The van der Waals surface area contributed by atoms with Gasteiger partial charge in [0.2, 0.25) is 23.6 Å². The van der Waals surface area contributed by atoms with Gasteiger partial charge in [0.25, 0.3) is 0 Å². The summed E-state index contributed by atoms with van der Waals surface area (Å²) in [7, 11) is 0. The first-order valence-corrected chi connectivity index (χ1v) is 9.03. The molecule has 2 aliphatic heterocycles. The zero-order chi connectivity index (χ0) is 18.5. The summed E-state index contributed by atoms with van der Waals surface area (Å²) in [5, 5.41) is 2.75. The number of rotatable bonds is 6. The second-order valence-electron chi connectivity index (χ2n) is 6.70. The molecule has 0 aliphatic carbocycles. The number of likely N-dealkylation sites (tertiary alicyclic amines) is 2. The van der Waals surface area contributed by atoms with E-state index in [0.717, 1.165) is 36.4 Å². The summed E-state index contributed by atoms with van der Waals surface area (Å²) < 4.78 is 0. The minimum Gasteiger partial charge on any atom is -0.342 e. The number of hydrogen-bond donors (Lipinski definition) is 1. The Balaban J connectivity index is 1.46. The molecule has 3 rings (SSSR count). The van der Waals surface area contributed by atoms with E-state index in [1.807, 2.05) is 17.0 Å². The van der Waals surface area contributed by atoms with Gasteiger partial charge in [-0.2, -0.15) is 0 Å². The lowest BCUT2D eigenvalue weighted by Crippen LogP contribution is -2.32. The van der Waals surface area contributed by atoms with Crippen molar-refractivity contribution in [1.82, 2.24) is 9.80 Å². The van der Waals surface area contributed by atoms with Crippen molar-refractivity contribution in [3.63, 3.8) is 0 Å². The summed E-state index contributed by atoms with van der Waals surface area (Å²) >= 11 is 0. The summed E-state index contributed by atoms with van der Waals surface area (Å²) in [5.74, 6) is -0.540. The monoisotopic (exact) mass is 357 g/mol. The van der Waals surface area contributed by atoms with Crippen LogP contribution in [0.4, 0.5) is 5.69 Å². The maximum atomic E-state index is 12.1. The first-order valence-electron chi connectivity index (χ1n) is 9.03. The number of carbonyl (C=O) groups excluding carboxylic acids is 4. The fourth-order valence-corrected chi connectivity index (χ4v) is 3.27. The summed E-state index contributed by atoms with van der Waals surface area (Å²) in [6, 6.07) is 7.18. The molecule has 2 aliphatic rings. The van der Waals surface area contributed by atoms with Crippen LogP contribution in [0.2, 0.25) is 0 Å². The number of nitrogens with zero attached hydrogens (tertiary/aromatic N) is 2. The van der Waals surface area contributed by atoms with E-state index in [0.29, 0.717) is 12.1 Å². The van der Waals surface area contributed by atoms with Gasteiger partial charge in [-0.3, -0.25) is 24.1 Å². The van der Waals surface area contributed by atoms with E-state index >= 15 is 0 Å². The molecule has 0 atom stereocenters. The topological polar surface area (TPSA) is 86.8 Å². The Morgan fingerprint density at radius 3 is 2.19 bits per heavy atom. The molecule has 0 unspecified atom stereocenters. The Labute approximate surface area is 152 Å². The van der Waals surface area contributed by atoms with Crippen molar-refractivity contribution in [1.29, 1.82) is 0 Å². The quantitative estimate of drug-likeness (QED) is 0.778. The normalized spacial score (nSPS) is 17.1. The maximum Gasteiger partial charge on any atom is 0.229 e. The number of anilines is 1. The summed E-state index contributed by atoms with van der Waals surface area (Å²) in [4.78, 5) is 50.2. The van der Waals surface area contributed by atoms with E-state index in [1.165, 1.54) is 0 Å². The second kappa shape index (κ2) is 8.12. The molecule has 2 saturated heterocycles. The third-order valence-electron chi connectivity index (χ3n) is 4.77. The van der Waals surface area contributed by atoms with Crippen LogP contribution in [-0.4, -0.2) is 53.1 Å². The average molecular weight is 357 g/mol. The van der Waals surface area contributed by atoms with E-state index in [-0.39, 0.29) is 49.4 Å². The zero-order valence-corrected chi connectivity index (χ0v) is 14.7. The molecule has 1 N–H and O–H groups in total. The fourth-order valence-electron chi connectivity index (χ4n) is 3.27. The molecular weight excluding hydrogens is 334 g/mol. The summed E-state index contributed by atoms with van der Waals surface area (Å²) in [6.07, 6.45) is 3.06. The van der Waals surface area contributed by atoms with Gasteiger partial charge in [0.15, 0.2) is 0 Å². The molecule has 0 saturated carbocycles. The minimum atomic E-state index is -0.251. The van der Waals surface area contributed by atoms with Crippen molar-refractivity contribution in [3.8, 4) is 0 Å². The Bertz CT molecular complexity index is 692. The molecule has 0 bridgehead atoms. The largest absolute Gasteiger partial charge is 0.342 e. The first kappa shape index (κ1) is 18.1. The molecule has 2 fully saturated rings. The zero-order valence-electron chi connectivity index (χ0n) is 14.7. The molecule has 0 spiro atoms. The van der Waals surface area contributed by atoms with Crippen LogP contribution < -0.4 is 5.32 Å². The van der Waals surface area contributed by atoms with Crippen molar-refractivity contribution in [2.24, 2.45) is 0 Å². The SMILES string of the molecule is O=C(CCN1C(=O)CCC1=O)Nc1ccc(CC(=O)N2CCCC2)cc1. The highest BCUT2D eigenvalue weighted by Gasteiger charge is 2.28. The standard InChI is InChI=1S/C19H23N3O4/c23-16(9-12-22-17(24)7-8-18(22)25)20-15-5-3-14(4-6-15)13-19(26)21-10-1-2-11-21/h3-6H,1-2,7-13H2,(H,20,23). The second-order valence-corrected chi connectivity index (χ2v) is 6.70. The van der Waals surface area contributed by atoms with E-state index in [1.54, 1.807) is 12.1 Å². The van der Waals surface area contributed by atoms with Crippen LogP contribution in [0.15, 0.2) is 24.3 Å². The van der Waals surface area contributed by atoms with Crippen LogP contribution in [0.1, 0.15) is 37.7 Å². The van der Waals surface area contributed by atoms with Crippen LogP contribution in [0.5, 0.6) is 0 Å². The van der Waals surface area contributed by atoms with E-state index in [4.69, 9.17) is 0 Å². The van der Waals surface area contributed by atoms with Crippen molar-refractivity contribution in [2.75, 3.05) is 25.0 Å². The van der Waals surface area contributed by atoms with Gasteiger partial charge in [-0.05, 0) is 30.5 Å². The molecule has 7 heteroatoms. The van der Waals surface area contributed by atoms with Gasteiger partial charge in [0, 0.05) is 44.6 Å². The molecule has 2 heterocycles. The van der Waals surface area contributed by atoms with E-state index in [2.05, 4.69) is 5.32 Å². The number of hydrogen-bond acceptors (Lipinski definition) is 4. The Morgan fingerprint density at radius 1 is 0.962 bits per heavy atom. The van der Waals surface area contributed by atoms with E-state index in [9.17, 15) is 19.2 Å². The van der Waals surface area contributed by atoms with Gasteiger partial charge >= 0.3 is 0 Å². The average Bonchev–Trinajstić information content (AvgIpc) is 3.26. The summed E-state index contributed by atoms with van der Waals surface area (Å²) in [6.45, 7) is 1.80. The fraction of sp³-hybridized carbons (Fsp3) is 0.474. The number of amides is 4. The molecular formula is C19H23N3O4. The van der Waals surface area contributed by atoms with Gasteiger partial charge in [-0.1, -0.05) is 12.1 Å². The Hall–Kier alpha value is -2.70. The minimum absolute atomic E-state index is 0.0761. The van der Waals surface area contributed by atoms with Crippen LogP contribution in [-0.2, 0) is 25.6 Å². The predicted octanol–water partition coefficient (Wildman–Crippen LogP) is 1.33. The molecule has 4 amide bonds. The highest BCUT2D eigenvalue weighted by atomic mass is 16.2. The first-order chi connectivity index (χ1) is 12.5. The molecule has 26 heavy (non-hydrogen) atoms. The lowest BCUT2D eigenvalue weighted by molar-refractivity contribution is -0.138. The van der Waals surface area contributed by atoms with Gasteiger partial charge in [-0.15, -0.1) is 0 Å². The van der Waals surface area contributed by atoms with Crippen molar-refractivity contribution >= 4 is 29.3 Å². The lowest BCUT2D eigenvalue weighted by atomic mass is 10.1. The maximum absolute atomic E-state index is 12.1. The predicted molar refractivity (Wildman–Crippen MR) is 95.2 cm³/mol. The van der Waals surface area contributed by atoms with Crippen molar-refractivity contribution in [2.45, 2.75) is 38.5 Å².